The zero-order valence-electron chi connectivity index (χ0n) is 15.5. The van der Waals surface area contributed by atoms with Crippen molar-refractivity contribution in [3.05, 3.63) is 39.7 Å². The van der Waals surface area contributed by atoms with E-state index in [1.807, 2.05) is 30.3 Å². The number of carbonyl (C=O) groups is 2. The second-order valence-corrected chi connectivity index (χ2v) is 9.16. The van der Waals surface area contributed by atoms with Crippen molar-refractivity contribution in [3.8, 4) is 11.1 Å². The number of hydrogen-bond acceptors (Lipinski definition) is 5. The number of methoxy groups -OCH3 is 1. The summed E-state index contributed by atoms with van der Waals surface area (Å²) >= 11 is 4.88. The molecule has 5 nitrogen and oxygen atoms in total. The fourth-order valence-electron chi connectivity index (χ4n) is 3.24. The number of anilines is 1. The molecule has 1 amide bonds. The van der Waals surface area contributed by atoms with E-state index in [0.29, 0.717) is 17.1 Å². The molecule has 0 atom stereocenters. The number of carbonyl (C=O) groups excluding carboxylic acids is 2. The maximum absolute atomic E-state index is 12.6. The van der Waals surface area contributed by atoms with Crippen molar-refractivity contribution in [1.29, 1.82) is 0 Å². The highest BCUT2D eigenvalue weighted by atomic mass is 79.9. The Kier molecular flexibility index (Phi) is 6.68. The van der Waals surface area contributed by atoms with E-state index in [-0.39, 0.29) is 5.91 Å². The number of hydrogen-bond donors (Lipinski definition) is 1. The predicted molar refractivity (Wildman–Crippen MR) is 112 cm³/mol. The van der Waals surface area contributed by atoms with Crippen LogP contribution >= 0.6 is 27.3 Å². The third-order valence-electron chi connectivity index (χ3n) is 4.81. The van der Waals surface area contributed by atoms with E-state index in [0.717, 1.165) is 46.8 Å². The highest BCUT2D eigenvalue weighted by Gasteiger charge is 2.26. The van der Waals surface area contributed by atoms with Gasteiger partial charge in [-0.3, -0.25) is 9.69 Å². The van der Waals surface area contributed by atoms with E-state index >= 15 is 0 Å². The van der Waals surface area contributed by atoms with Crippen molar-refractivity contribution >= 4 is 44.1 Å². The number of benzene rings is 1. The first-order chi connectivity index (χ1) is 13.0. The van der Waals surface area contributed by atoms with Crippen molar-refractivity contribution in [3.63, 3.8) is 0 Å². The lowest BCUT2D eigenvalue weighted by atomic mass is 9.99. The molecule has 0 radical (unpaired) electrons. The molecule has 3 rings (SSSR count). The van der Waals surface area contributed by atoms with Crippen molar-refractivity contribution in [2.45, 2.75) is 19.8 Å². The van der Waals surface area contributed by atoms with E-state index in [4.69, 9.17) is 4.74 Å². The summed E-state index contributed by atoms with van der Waals surface area (Å²) in [5.74, 6) is 0.151. The number of ether oxygens (including phenoxy) is 1. The van der Waals surface area contributed by atoms with E-state index < -0.39 is 5.97 Å². The van der Waals surface area contributed by atoms with Crippen LogP contribution in [-0.4, -0.2) is 43.5 Å². The molecule has 0 aliphatic carbocycles. The maximum Gasteiger partial charge on any atom is 0.341 e. The third kappa shape index (κ3) is 4.78. The summed E-state index contributed by atoms with van der Waals surface area (Å²) in [6.45, 7) is 4.45. The van der Waals surface area contributed by atoms with Crippen LogP contribution in [0.5, 0.6) is 0 Å². The molecule has 0 saturated carbocycles. The minimum absolute atomic E-state index is 0.108. The van der Waals surface area contributed by atoms with Gasteiger partial charge in [0.1, 0.15) is 10.6 Å². The number of piperidine rings is 1. The lowest BCUT2D eigenvalue weighted by Gasteiger charge is -2.29. The molecule has 1 N–H and O–H groups in total. The SMILES string of the molecule is COC(=O)c1c(NC(=O)CN2CCC(C)CC2)sc(Br)c1-c1ccccc1. The predicted octanol–water partition coefficient (Wildman–Crippen LogP) is 4.63. The van der Waals surface area contributed by atoms with Crippen LogP contribution in [0.25, 0.3) is 11.1 Å². The van der Waals surface area contributed by atoms with Gasteiger partial charge in [-0.05, 0) is 53.3 Å². The number of nitrogens with zero attached hydrogens (tertiary/aromatic N) is 1. The van der Waals surface area contributed by atoms with Gasteiger partial charge in [0, 0.05) is 5.56 Å². The summed E-state index contributed by atoms with van der Waals surface area (Å²) in [6, 6.07) is 9.61. The van der Waals surface area contributed by atoms with Gasteiger partial charge in [0.2, 0.25) is 5.91 Å². The molecule has 1 aliphatic heterocycles. The highest BCUT2D eigenvalue weighted by molar-refractivity contribution is 9.11. The van der Waals surface area contributed by atoms with Crippen LogP contribution in [0.1, 0.15) is 30.1 Å². The Balaban J connectivity index is 1.83. The van der Waals surface area contributed by atoms with Crippen molar-refractivity contribution in [2.24, 2.45) is 5.92 Å². The van der Waals surface area contributed by atoms with Crippen molar-refractivity contribution < 1.29 is 14.3 Å². The van der Waals surface area contributed by atoms with Crippen LogP contribution < -0.4 is 5.32 Å². The van der Waals surface area contributed by atoms with Crippen LogP contribution in [0.4, 0.5) is 5.00 Å². The summed E-state index contributed by atoms with van der Waals surface area (Å²) in [5, 5.41) is 3.44. The average molecular weight is 451 g/mol. The first-order valence-electron chi connectivity index (χ1n) is 8.97. The maximum atomic E-state index is 12.6. The minimum atomic E-state index is -0.460. The zero-order valence-corrected chi connectivity index (χ0v) is 17.9. The molecule has 0 unspecified atom stereocenters. The molecule has 1 saturated heterocycles. The number of halogens is 1. The third-order valence-corrected chi connectivity index (χ3v) is 6.59. The topological polar surface area (TPSA) is 58.6 Å². The molecule has 0 spiro atoms. The molecular weight excluding hydrogens is 428 g/mol. The monoisotopic (exact) mass is 450 g/mol. The molecular formula is C20H23BrN2O3S. The molecule has 1 fully saturated rings. The van der Waals surface area contributed by atoms with Crippen molar-refractivity contribution in [1.82, 2.24) is 4.90 Å². The van der Waals surface area contributed by atoms with Gasteiger partial charge in [0.05, 0.1) is 17.4 Å². The van der Waals surface area contributed by atoms with Crippen LogP contribution in [0.2, 0.25) is 0 Å². The second-order valence-electron chi connectivity index (χ2n) is 6.82. The van der Waals surface area contributed by atoms with Gasteiger partial charge >= 0.3 is 5.97 Å². The molecule has 144 valence electrons. The van der Waals surface area contributed by atoms with Gasteiger partial charge < -0.3 is 10.1 Å². The molecule has 0 bridgehead atoms. The van der Waals surface area contributed by atoms with Crippen LogP contribution in [0.3, 0.4) is 0 Å². The van der Waals surface area contributed by atoms with Crippen LogP contribution in [0, 0.1) is 5.92 Å². The normalized spacial score (nSPS) is 15.5. The summed E-state index contributed by atoms with van der Waals surface area (Å²) in [6.07, 6.45) is 2.23. The summed E-state index contributed by atoms with van der Waals surface area (Å²) in [7, 11) is 1.35. The Morgan fingerprint density at radius 2 is 1.93 bits per heavy atom. The number of esters is 1. The molecule has 1 aromatic heterocycles. The van der Waals surface area contributed by atoms with Gasteiger partial charge in [0.15, 0.2) is 0 Å². The van der Waals surface area contributed by atoms with Gasteiger partial charge in [-0.1, -0.05) is 37.3 Å². The number of nitrogens with one attached hydrogen (secondary N) is 1. The molecule has 1 aromatic carbocycles. The Morgan fingerprint density at radius 3 is 2.56 bits per heavy atom. The van der Waals surface area contributed by atoms with Gasteiger partial charge in [0.25, 0.3) is 0 Å². The minimum Gasteiger partial charge on any atom is -0.465 e. The Labute approximate surface area is 171 Å². The average Bonchev–Trinajstić information content (AvgIpc) is 2.99. The Bertz CT molecular complexity index is 814. The Morgan fingerprint density at radius 1 is 1.26 bits per heavy atom. The summed E-state index contributed by atoms with van der Waals surface area (Å²) in [4.78, 5) is 27.2. The van der Waals surface area contributed by atoms with Gasteiger partial charge in [-0.15, -0.1) is 11.3 Å². The largest absolute Gasteiger partial charge is 0.465 e. The zero-order chi connectivity index (χ0) is 19.4. The summed E-state index contributed by atoms with van der Waals surface area (Å²) in [5.41, 5.74) is 2.03. The first kappa shape index (κ1) is 20.0. The Hall–Kier alpha value is -1.70. The van der Waals surface area contributed by atoms with Gasteiger partial charge in [-0.25, -0.2) is 4.79 Å². The molecule has 2 heterocycles. The van der Waals surface area contributed by atoms with Gasteiger partial charge in [-0.2, -0.15) is 0 Å². The van der Waals surface area contributed by atoms with Crippen LogP contribution in [-0.2, 0) is 9.53 Å². The fraction of sp³-hybridized carbons (Fsp3) is 0.400. The molecule has 7 heteroatoms. The number of rotatable bonds is 5. The first-order valence-corrected chi connectivity index (χ1v) is 10.6. The van der Waals surface area contributed by atoms with Crippen molar-refractivity contribution in [2.75, 3.05) is 32.1 Å². The van der Waals surface area contributed by atoms with E-state index in [1.54, 1.807) is 0 Å². The quantitative estimate of drug-likeness (QED) is 0.674. The molecule has 1 aliphatic rings. The lowest BCUT2D eigenvalue weighted by Crippen LogP contribution is -2.38. The van der Waals surface area contributed by atoms with E-state index in [2.05, 4.69) is 33.1 Å². The smallest absolute Gasteiger partial charge is 0.341 e. The second kappa shape index (κ2) is 8.99. The molecule has 27 heavy (non-hydrogen) atoms. The standard InChI is InChI=1S/C20H23BrN2O3S/c1-13-8-10-23(11-9-13)12-15(24)22-19-17(20(25)26-2)16(18(21)27-19)14-6-4-3-5-7-14/h3-7,13H,8-12H2,1-2H3,(H,22,24). The van der Waals surface area contributed by atoms with Crippen LogP contribution in [0.15, 0.2) is 34.1 Å². The number of amides is 1. The number of thiophene rings is 1. The fourth-order valence-corrected chi connectivity index (χ4v) is 5.11. The number of likely N-dealkylation sites (tertiary alicyclic amines) is 1. The highest BCUT2D eigenvalue weighted by Crippen LogP contribution is 2.44. The lowest BCUT2D eigenvalue weighted by molar-refractivity contribution is -0.117. The summed E-state index contributed by atoms with van der Waals surface area (Å²) < 4.78 is 5.77. The van der Waals surface area contributed by atoms with E-state index in [9.17, 15) is 9.59 Å². The van der Waals surface area contributed by atoms with E-state index in [1.165, 1.54) is 18.4 Å². The molecule has 2 aromatic rings.